The molecule has 2 aromatic carbocycles. The van der Waals surface area contributed by atoms with Crippen LogP contribution in [0.25, 0.3) is 10.9 Å². The van der Waals surface area contributed by atoms with E-state index in [0.29, 0.717) is 17.8 Å². The minimum absolute atomic E-state index is 0.112. The summed E-state index contributed by atoms with van der Waals surface area (Å²) in [4.78, 5) is 17.3. The number of phenolic OH excluding ortho intramolecular Hbond substituents is 1. The first-order chi connectivity index (χ1) is 12.6. The second-order valence-corrected chi connectivity index (χ2v) is 6.39. The molecule has 4 rings (SSSR count). The van der Waals surface area contributed by atoms with Crippen LogP contribution in [0.4, 0.5) is 0 Å². The number of pyridine rings is 1. The van der Waals surface area contributed by atoms with Gasteiger partial charge in [-0.15, -0.1) is 0 Å². The van der Waals surface area contributed by atoms with Crippen molar-refractivity contribution in [1.82, 2.24) is 9.55 Å². The van der Waals surface area contributed by atoms with Gasteiger partial charge in [0.05, 0.1) is 11.2 Å². The van der Waals surface area contributed by atoms with E-state index in [2.05, 4.69) is 11.1 Å². The Morgan fingerprint density at radius 3 is 2.77 bits per heavy atom. The highest BCUT2D eigenvalue weighted by Crippen LogP contribution is 2.21. The van der Waals surface area contributed by atoms with Crippen molar-refractivity contribution in [2.45, 2.75) is 13.5 Å². The van der Waals surface area contributed by atoms with Gasteiger partial charge in [-0.3, -0.25) is 9.78 Å². The van der Waals surface area contributed by atoms with Gasteiger partial charge in [-0.25, -0.2) is 0 Å². The fourth-order valence-corrected chi connectivity index (χ4v) is 3.06. The van der Waals surface area contributed by atoms with Crippen molar-refractivity contribution in [2.24, 2.45) is 0 Å². The normalized spacial score (nSPS) is 11.0. The summed E-state index contributed by atoms with van der Waals surface area (Å²) in [6, 6.07) is 18.7. The van der Waals surface area contributed by atoms with E-state index >= 15 is 0 Å². The Balaban J connectivity index is 1.65. The van der Waals surface area contributed by atoms with Gasteiger partial charge in [0.1, 0.15) is 5.75 Å². The Kier molecular flexibility index (Phi) is 4.01. The number of carbonyl (C=O) groups is 1. The van der Waals surface area contributed by atoms with Crippen molar-refractivity contribution < 1.29 is 9.90 Å². The molecule has 4 nitrogen and oxygen atoms in total. The van der Waals surface area contributed by atoms with Gasteiger partial charge < -0.3 is 9.67 Å². The van der Waals surface area contributed by atoms with E-state index in [-0.39, 0.29) is 11.5 Å². The molecule has 0 aliphatic rings. The van der Waals surface area contributed by atoms with E-state index in [1.807, 2.05) is 47.3 Å². The molecule has 0 bridgehead atoms. The molecule has 0 fully saturated rings. The van der Waals surface area contributed by atoms with Gasteiger partial charge in [-0.1, -0.05) is 30.3 Å². The lowest BCUT2D eigenvalue weighted by molar-refractivity contribution is 0.103. The summed E-state index contributed by atoms with van der Waals surface area (Å²) in [5.41, 5.74) is 3.79. The Morgan fingerprint density at radius 2 is 1.92 bits per heavy atom. The predicted octanol–water partition coefficient (Wildman–Crippen LogP) is 4.33. The zero-order chi connectivity index (χ0) is 18.1. The molecule has 2 aromatic heterocycles. The number of hydrogen-bond acceptors (Lipinski definition) is 3. The summed E-state index contributed by atoms with van der Waals surface area (Å²) in [5.74, 6) is 0.0201. The molecular formula is C22H18N2O2. The highest BCUT2D eigenvalue weighted by atomic mass is 16.3. The highest BCUT2D eigenvalue weighted by Gasteiger charge is 2.15. The second-order valence-electron chi connectivity index (χ2n) is 6.39. The molecule has 1 N–H and O–H groups in total. The first-order valence-electron chi connectivity index (χ1n) is 8.45. The Morgan fingerprint density at radius 1 is 1.08 bits per heavy atom. The molecule has 26 heavy (non-hydrogen) atoms. The molecule has 0 atom stereocenters. The predicted molar refractivity (Wildman–Crippen MR) is 102 cm³/mol. The lowest BCUT2D eigenvalue weighted by atomic mass is 10.1. The molecule has 2 heterocycles. The van der Waals surface area contributed by atoms with Gasteiger partial charge in [0, 0.05) is 29.9 Å². The van der Waals surface area contributed by atoms with Crippen LogP contribution in [0.5, 0.6) is 5.75 Å². The third kappa shape index (κ3) is 2.97. The molecule has 4 aromatic rings. The number of hydrogen-bond donors (Lipinski definition) is 1. The molecular weight excluding hydrogens is 324 g/mol. The number of aromatic nitrogens is 2. The van der Waals surface area contributed by atoms with E-state index in [1.165, 1.54) is 6.07 Å². The quantitative estimate of drug-likeness (QED) is 0.562. The average Bonchev–Trinajstić information content (AvgIpc) is 3.11. The second kappa shape index (κ2) is 6.48. The van der Waals surface area contributed by atoms with Crippen LogP contribution in [0.15, 0.2) is 73.1 Å². The zero-order valence-electron chi connectivity index (χ0n) is 14.4. The van der Waals surface area contributed by atoms with Crippen LogP contribution < -0.4 is 0 Å². The minimum Gasteiger partial charge on any atom is -0.508 e. The number of para-hydroxylation sites is 1. The van der Waals surface area contributed by atoms with Crippen molar-refractivity contribution in [3.8, 4) is 5.75 Å². The lowest BCUT2D eigenvalue weighted by Crippen LogP contribution is -2.10. The standard InChI is InChI=1S/C22H18N2O2/c1-15-8-9-18(12-21(15)25)22(26)20-7-4-10-24(20)14-16-11-17-5-2-3-6-19(17)23-13-16/h2-13,25H,14H2,1H3. The number of benzene rings is 2. The van der Waals surface area contributed by atoms with Crippen molar-refractivity contribution in [3.05, 3.63) is 95.4 Å². The highest BCUT2D eigenvalue weighted by molar-refractivity contribution is 6.08. The maximum absolute atomic E-state index is 12.8. The molecule has 0 saturated heterocycles. The maximum atomic E-state index is 12.8. The molecule has 128 valence electrons. The van der Waals surface area contributed by atoms with Crippen molar-refractivity contribution in [2.75, 3.05) is 0 Å². The smallest absolute Gasteiger partial charge is 0.209 e. The monoisotopic (exact) mass is 342 g/mol. The van der Waals surface area contributed by atoms with Gasteiger partial charge >= 0.3 is 0 Å². The zero-order valence-corrected chi connectivity index (χ0v) is 14.4. The molecule has 0 spiro atoms. The van der Waals surface area contributed by atoms with Crippen LogP contribution >= 0.6 is 0 Å². The number of ketones is 1. The molecule has 0 amide bonds. The third-order valence-electron chi connectivity index (χ3n) is 4.53. The van der Waals surface area contributed by atoms with Crippen molar-refractivity contribution in [1.29, 1.82) is 0 Å². The fourth-order valence-electron chi connectivity index (χ4n) is 3.06. The van der Waals surface area contributed by atoms with Gasteiger partial charge in [0.15, 0.2) is 0 Å². The Bertz CT molecular complexity index is 1110. The summed E-state index contributed by atoms with van der Waals surface area (Å²) < 4.78 is 1.91. The lowest BCUT2D eigenvalue weighted by Gasteiger charge is -2.10. The van der Waals surface area contributed by atoms with E-state index < -0.39 is 0 Å². The Hall–Kier alpha value is -3.40. The topological polar surface area (TPSA) is 55.1 Å². The van der Waals surface area contributed by atoms with Gasteiger partial charge in [0.2, 0.25) is 5.78 Å². The van der Waals surface area contributed by atoms with Gasteiger partial charge in [-0.2, -0.15) is 0 Å². The number of rotatable bonds is 4. The summed E-state index contributed by atoms with van der Waals surface area (Å²) in [5, 5.41) is 11.0. The summed E-state index contributed by atoms with van der Waals surface area (Å²) in [7, 11) is 0. The summed E-state index contributed by atoms with van der Waals surface area (Å²) >= 11 is 0. The molecule has 0 aliphatic carbocycles. The third-order valence-corrected chi connectivity index (χ3v) is 4.53. The molecule has 0 unspecified atom stereocenters. The van der Waals surface area contributed by atoms with Crippen LogP contribution in [0.3, 0.4) is 0 Å². The fraction of sp³-hybridized carbons (Fsp3) is 0.0909. The Labute approximate surface area is 151 Å². The van der Waals surface area contributed by atoms with Crippen LogP contribution in [-0.2, 0) is 6.54 Å². The number of nitrogens with zero attached hydrogens (tertiary/aromatic N) is 2. The first kappa shape index (κ1) is 16.1. The van der Waals surface area contributed by atoms with Crippen molar-refractivity contribution in [3.63, 3.8) is 0 Å². The van der Waals surface area contributed by atoms with Gasteiger partial charge in [-0.05, 0) is 48.4 Å². The van der Waals surface area contributed by atoms with Gasteiger partial charge in [0.25, 0.3) is 0 Å². The summed E-state index contributed by atoms with van der Waals surface area (Å²) in [6.07, 6.45) is 3.73. The maximum Gasteiger partial charge on any atom is 0.209 e. The number of carbonyl (C=O) groups excluding carboxylic acids is 1. The SMILES string of the molecule is Cc1ccc(C(=O)c2cccn2Cc2cnc3ccccc3c2)cc1O. The number of fused-ring (bicyclic) bond motifs is 1. The number of phenols is 1. The number of aryl methyl sites for hydroxylation is 1. The van der Waals surface area contributed by atoms with E-state index in [0.717, 1.165) is 22.0 Å². The van der Waals surface area contributed by atoms with Crippen LogP contribution in [-0.4, -0.2) is 20.4 Å². The van der Waals surface area contributed by atoms with Crippen molar-refractivity contribution >= 4 is 16.7 Å². The molecule has 0 saturated carbocycles. The number of aromatic hydroxyl groups is 1. The van der Waals surface area contributed by atoms with E-state index in [1.54, 1.807) is 25.1 Å². The minimum atomic E-state index is -0.112. The van der Waals surface area contributed by atoms with Crippen LogP contribution in [0, 0.1) is 6.92 Å². The molecule has 4 heteroatoms. The van der Waals surface area contributed by atoms with Crippen LogP contribution in [0.2, 0.25) is 0 Å². The van der Waals surface area contributed by atoms with Crippen LogP contribution in [0.1, 0.15) is 27.2 Å². The first-order valence-corrected chi connectivity index (χ1v) is 8.45. The average molecular weight is 342 g/mol. The van der Waals surface area contributed by atoms with E-state index in [4.69, 9.17) is 0 Å². The summed E-state index contributed by atoms with van der Waals surface area (Å²) in [6.45, 7) is 2.36. The van der Waals surface area contributed by atoms with E-state index in [9.17, 15) is 9.90 Å². The molecule has 0 radical (unpaired) electrons. The molecule has 0 aliphatic heterocycles. The largest absolute Gasteiger partial charge is 0.508 e.